The van der Waals surface area contributed by atoms with Crippen molar-refractivity contribution < 1.29 is 78.5 Å². The van der Waals surface area contributed by atoms with Gasteiger partial charge in [-0.2, -0.15) is 18.2 Å². The summed E-state index contributed by atoms with van der Waals surface area (Å²) in [7, 11) is -7.83. The Morgan fingerprint density at radius 3 is 1.32 bits per heavy atom. The predicted octanol–water partition coefficient (Wildman–Crippen LogP) is 14.3. The van der Waals surface area contributed by atoms with E-state index in [0.29, 0.717) is 35.8 Å². The number of aliphatic hydroxyl groups excluding tert-OH is 1. The number of benzene rings is 6. The highest BCUT2D eigenvalue weighted by Crippen LogP contribution is 2.37. The molecule has 6 aromatic carbocycles. The number of esters is 3. The van der Waals surface area contributed by atoms with Crippen molar-refractivity contribution in [2.24, 2.45) is 17.8 Å². The molecule has 2 aliphatic rings. The Balaban J connectivity index is 0.000000353. The largest absolute Gasteiger partial charge is 0.465 e. The van der Waals surface area contributed by atoms with Crippen molar-refractivity contribution in [2.45, 2.75) is 159 Å². The van der Waals surface area contributed by atoms with Gasteiger partial charge in [-0.3, -0.25) is 24.0 Å². The van der Waals surface area contributed by atoms with Crippen molar-refractivity contribution in [1.29, 1.82) is 0 Å². The van der Waals surface area contributed by atoms with Gasteiger partial charge < -0.3 is 19.3 Å². The zero-order chi connectivity index (χ0) is 70.8. The second kappa shape index (κ2) is 40.0. The van der Waals surface area contributed by atoms with E-state index in [1.165, 1.54) is 56.4 Å². The smallest absolute Gasteiger partial charge is 0.373 e. The van der Waals surface area contributed by atoms with E-state index in [-0.39, 0.29) is 117 Å². The number of hydrogen-bond donors (Lipinski definition) is 1. The minimum Gasteiger partial charge on any atom is -0.465 e. The van der Waals surface area contributed by atoms with Crippen LogP contribution >= 0.6 is 23.5 Å². The Hall–Kier alpha value is -7.21. The SMILES string of the molecule is C.CC(C)CCC(=O)OC(C)C.CC(C)[C@H](CC(=O)OC(C)(C)C)C(=O)OCC[C@H](CC(=O)[C@@H]1SCCN1S(=O)(=O)c1ccc(-c2ccccc2)cc1)c1ccc(F)cc1.O=C(C[C@@H](CCO)c1ccc(F)cc1)[C@@H]1SCCN1S(=O)(=O)c1ccc(-c2ccccc2)cc1.O=C=O. The highest BCUT2D eigenvalue weighted by atomic mass is 32.2. The second-order valence-electron chi connectivity index (χ2n) is 25.0. The van der Waals surface area contributed by atoms with Gasteiger partial charge in [0, 0.05) is 50.5 Å². The third-order valence-corrected chi connectivity index (χ3v) is 21.9. The molecule has 17 nitrogen and oxygen atoms in total. The van der Waals surface area contributed by atoms with Crippen LogP contribution in [0.15, 0.2) is 168 Å². The fourth-order valence-corrected chi connectivity index (χ4v) is 16.8. The number of thioether (sulfide) groups is 2. The number of Topliss-reactive ketones (excluding diaryl/α,β-unsaturated/α-hetero) is 2. The normalized spacial score (nSPS) is 15.7. The first kappa shape index (κ1) is 82.2. The van der Waals surface area contributed by atoms with Gasteiger partial charge in [-0.15, -0.1) is 23.5 Å². The molecule has 2 fully saturated rings. The van der Waals surface area contributed by atoms with Gasteiger partial charge in [0.1, 0.15) is 28.0 Å². The summed E-state index contributed by atoms with van der Waals surface area (Å²) >= 11 is 2.59. The Morgan fingerprint density at radius 1 is 0.567 bits per heavy atom. The van der Waals surface area contributed by atoms with E-state index in [1.807, 2.05) is 88.4 Å². The number of halogens is 2. The van der Waals surface area contributed by atoms with E-state index in [4.69, 9.17) is 23.8 Å². The molecule has 0 aromatic heterocycles. The van der Waals surface area contributed by atoms with Crippen molar-refractivity contribution >= 4 is 79.2 Å². The lowest BCUT2D eigenvalue weighted by atomic mass is 9.90. The van der Waals surface area contributed by atoms with Gasteiger partial charge in [0.05, 0.1) is 34.8 Å². The number of aliphatic hydroxyl groups is 1. The average molecular weight is 1420 g/mol. The third-order valence-electron chi connectivity index (χ3n) is 15.4. The lowest BCUT2D eigenvalue weighted by molar-refractivity contribution is -0.192. The Bertz CT molecular complexity index is 3700. The summed E-state index contributed by atoms with van der Waals surface area (Å²) in [4.78, 5) is 79.9. The number of ketones is 2. The second-order valence-corrected chi connectivity index (χ2v) is 31.1. The highest BCUT2D eigenvalue weighted by molar-refractivity contribution is 8.02. The first-order valence-electron chi connectivity index (χ1n) is 31.8. The van der Waals surface area contributed by atoms with E-state index < -0.39 is 66.0 Å². The molecule has 8 rings (SSSR count). The summed E-state index contributed by atoms with van der Waals surface area (Å²) in [6, 6.07) is 44.3. The van der Waals surface area contributed by atoms with Crippen molar-refractivity contribution in [3.8, 4) is 22.3 Å². The Kier molecular flexibility index (Phi) is 33.9. The van der Waals surface area contributed by atoms with Crippen LogP contribution in [0.5, 0.6) is 0 Å². The summed E-state index contributed by atoms with van der Waals surface area (Å²) in [5.41, 5.74) is 4.48. The fraction of sp³-hybridized carbons (Fsp3) is 0.432. The van der Waals surface area contributed by atoms with E-state index in [1.54, 1.807) is 93.6 Å². The molecule has 526 valence electrons. The molecule has 1 N–H and O–H groups in total. The van der Waals surface area contributed by atoms with Crippen LogP contribution in [0, 0.1) is 29.4 Å². The quantitative estimate of drug-likeness (QED) is 0.0372. The molecule has 2 heterocycles. The molecule has 0 saturated carbocycles. The van der Waals surface area contributed by atoms with Crippen LogP contribution in [0.1, 0.15) is 138 Å². The molecular formula is C74H92F2N2O15S4. The number of carbonyl (C=O) groups is 5. The van der Waals surface area contributed by atoms with Crippen molar-refractivity contribution in [1.82, 2.24) is 8.61 Å². The molecule has 6 aromatic rings. The monoisotopic (exact) mass is 1410 g/mol. The minimum atomic E-state index is -3.97. The van der Waals surface area contributed by atoms with Crippen LogP contribution < -0.4 is 0 Å². The van der Waals surface area contributed by atoms with Crippen LogP contribution in [0.2, 0.25) is 0 Å². The maximum atomic E-state index is 13.8. The summed E-state index contributed by atoms with van der Waals surface area (Å²) < 4.78 is 99.9. The summed E-state index contributed by atoms with van der Waals surface area (Å²) in [6.45, 7) is 17.1. The van der Waals surface area contributed by atoms with Crippen LogP contribution in [0.25, 0.3) is 22.3 Å². The van der Waals surface area contributed by atoms with Gasteiger partial charge in [-0.1, -0.05) is 144 Å². The Labute approximate surface area is 579 Å². The van der Waals surface area contributed by atoms with E-state index in [2.05, 4.69) is 13.8 Å². The maximum absolute atomic E-state index is 13.8. The number of carbonyl (C=O) groups excluding carboxylic acids is 7. The van der Waals surface area contributed by atoms with Crippen molar-refractivity contribution in [2.75, 3.05) is 37.8 Å². The first-order valence-corrected chi connectivity index (χ1v) is 36.8. The Morgan fingerprint density at radius 2 is 0.959 bits per heavy atom. The lowest BCUT2D eigenvalue weighted by Crippen LogP contribution is -2.39. The van der Waals surface area contributed by atoms with Crippen molar-refractivity contribution in [3.63, 3.8) is 0 Å². The third kappa shape index (κ3) is 26.2. The van der Waals surface area contributed by atoms with Gasteiger partial charge in [0.15, 0.2) is 11.6 Å². The molecule has 0 aliphatic carbocycles. The van der Waals surface area contributed by atoms with Crippen LogP contribution in [0.3, 0.4) is 0 Å². The number of hydrogen-bond acceptors (Lipinski definition) is 17. The van der Waals surface area contributed by atoms with Crippen molar-refractivity contribution in [3.05, 3.63) is 180 Å². The lowest BCUT2D eigenvalue weighted by Gasteiger charge is -2.25. The topological polar surface area (TPSA) is 242 Å². The number of ether oxygens (including phenoxy) is 3. The zero-order valence-electron chi connectivity index (χ0n) is 55.8. The van der Waals surface area contributed by atoms with Gasteiger partial charge >= 0.3 is 24.1 Å². The molecular weight excluding hydrogens is 1320 g/mol. The molecule has 97 heavy (non-hydrogen) atoms. The standard InChI is InChI=1S/C37H44FNO7S2.C26H26FNO4S2.C9H18O2.CO2.CH4/c1-25(2)32(24-34(41)46-37(3,4)5)36(42)45-21-19-29(28-11-15-30(38)16-12-28)23-33(40)35-39(20-22-47-35)48(43,44)31-17-13-27(14-18-31)26-9-7-6-8-10-26;27-23-10-6-21(7-11-23)22(14-16-29)18-25(30)26-28(15-17-33-26)34(31,32)24-12-8-20(9-13-24)19-4-2-1-3-5-19;1-7(2)5-6-9(10)11-8(3)4;2-1-3;/h6-18,25,29,32,35H,19-24H2,1-5H3;1-13,22,26,29H,14-18H2;7-8H,5-6H2,1-4H3;;1H4/t29-,32+,35+;22-,26+;;;/m11.../s1. The number of rotatable bonds is 27. The molecule has 0 unspecified atom stereocenters. The molecule has 2 aliphatic heterocycles. The molecule has 5 atom stereocenters. The van der Waals surface area contributed by atoms with Crippen LogP contribution in [-0.2, 0) is 67.8 Å². The molecule has 2 saturated heterocycles. The van der Waals surface area contributed by atoms with Gasteiger partial charge in [0.25, 0.3) is 0 Å². The summed E-state index contributed by atoms with van der Waals surface area (Å²) in [6.07, 6.45) is 2.24. The van der Waals surface area contributed by atoms with Gasteiger partial charge in [-0.05, 0) is 159 Å². The molecule has 0 spiro atoms. The van der Waals surface area contributed by atoms with Gasteiger partial charge in [-0.25, -0.2) is 25.6 Å². The highest BCUT2D eigenvalue weighted by Gasteiger charge is 2.42. The average Bonchev–Trinajstić information content (AvgIpc) is 1.75. The molecule has 0 bridgehead atoms. The van der Waals surface area contributed by atoms with Crippen LogP contribution in [0.4, 0.5) is 8.78 Å². The summed E-state index contributed by atoms with van der Waals surface area (Å²) in [5.74, 6) is -2.51. The number of sulfonamides is 2. The van der Waals surface area contributed by atoms with Gasteiger partial charge in [0.2, 0.25) is 20.0 Å². The van der Waals surface area contributed by atoms with E-state index >= 15 is 0 Å². The molecule has 0 radical (unpaired) electrons. The fourth-order valence-electron chi connectivity index (χ4n) is 10.5. The predicted molar refractivity (Wildman–Crippen MR) is 375 cm³/mol. The van der Waals surface area contributed by atoms with Crippen LogP contribution in [-0.4, -0.2) is 126 Å². The van der Waals surface area contributed by atoms with E-state index in [9.17, 15) is 54.7 Å². The first-order chi connectivity index (χ1) is 45.5. The minimum absolute atomic E-state index is 0. The maximum Gasteiger partial charge on any atom is 0.373 e. The number of nitrogens with zero attached hydrogens (tertiary/aromatic N) is 2. The van der Waals surface area contributed by atoms with E-state index in [0.717, 1.165) is 34.2 Å². The molecule has 23 heteroatoms. The summed E-state index contributed by atoms with van der Waals surface area (Å²) in [5, 5.41) is 7.73. The molecule has 0 amide bonds. The zero-order valence-corrected chi connectivity index (χ0v) is 59.0.